The Bertz CT molecular complexity index is 127. The van der Waals surface area contributed by atoms with Crippen LogP contribution in [0.4, 0.5) is 0 Å². The standard InChI is InChI=1S/C8H14O2/c1-6(9)5-8(10-2)7-3-4-7/h7-8H,3-5H2,1-2H3. The van der Waals surface area contributed by atoms with Crippen molar-refractivity contribution in [2.45, 2.75) is 32.3 Å². The Labute approximate surface area is 61.6 Å². The van der Waals surface area contributed by atoms with Crippen molar-refractivity contribution in [3.8, 4) is 0 Å². The zero-order valence-electron chi connectivity index (χ0n) is 6.59. The van der Waals surface area contributed by atoms with E-state index in [9.17, 15) is 4.79 Å². The van der Waals surface area contributed by atoms with E-state index in [2.05, 4.69) is 0 Å². The molecule has 1 fully saturated rings. The SMILES string of the molecule is COC(CC(C)=O)C1CC1. The second-order valence-electron chi connectivity index (χ2n) is 3.02. The van der Waals surface area contributed by atoms with Gasteiger partial charge in [-0.3, -0.25) is 4.79 Å². The van der Waals surface area contributed by atoms with Gasteiger partial charge in [0.05, 0.1) is 6.10 Å². The van der Waals surface area contributed by atoms with E-state index in [1.807, 2.05) is 0 Å². The smallest absolute Gasteiger partial charge is 0.132 e. The first kappa shape index (κ1) is 7.73. The maximum atomic E-state index is 10.7. The van der Waals surface area contributed by atoms with Crippen molar-refractivity contribution in [1.82, 2.24) is 0 Å². The van der Waals surface area contributed by atoms with Gasteiger partial charge in [0, 0.05) is 13.5 Å². The summed E-state index contributed by atoms with van der Waals surface area (Å²) in [7, 11) is 1.69. The predicted molar refractivity (Wildman–Crippen MR) is 38.8 cm³/mol. The Hall–Kier alpha value is -0.370. The van der Waals surface area contributed by atoms with E-state index in [4.69, 9.17) is 4.74 Å². The number of ketones is 1. The van der Waals surface area contributed by atoms with Crippen LogP contribution >= 0.6 is 0 Å². The second kappa shape index (κ2) is 3.15. The maximum absolute atomic E-state index is 10.7. The van der Waals surface area contributed by atoms with E-state index in [1.165, 1.54) is 12.8 Å². The topological polar surface area (TPSA) is 26.3 Å². The lowest BCUT2D eigenvalue weighted by atomic mass is 10.1. The van der Waals surface area contributed by atoms with Crippen LogP contribution in [-0.4, -0.2) is 19.0 Å². The summed E-state index contributed by atoms with van der Waals surface area (Å²) in [5, 5.41) is 0. The third-order valence-corrected chi connectivity index (χ3v) is 1.94. The molecule has 0 saturated heterocycles. The van der Waals surface area contributed by atoms with E-state index in [1.54, 1.807) is 14.0 Å². The molecule has 0 amide bonds. The molecule has 1 rings (SSSR count). The van der Waals surface area contributed by atoms with Crippen molar-refractivity contribution in [3.63, 3.8) is 0 Å². The van der Waals surface area contributed by atoms with Gasteiger partial charge in [0.15, 0.2) is 0 Å². The minimum Gasteiger partial charge on any atom is -0.381 e. The minimum atomic E-state index is 0.206. The number of carbonyl (C=O) groups excluding carboxylic acids is 1. The summed E-state index contributed by atoms with van der Waals surface area (Å²) in [5.41, 5.74) is 0. The summed E-state index contributed by atoms with van der Waals surface area (Å²) in [4.78, 5) is 10.7. The number of carbonyl (C=O) groups is 1. The van der Waals surface area contributed by atoms with Crippen molar-refractivity contribution in [2.75, 3.05) is 7.11 Å². The van der Waals surface area contributed by atoms with Gasteiger partial charge in [0.2, 0.25) is 0 Å². The van der Waals surface area contributed by atoms with Crippen molar-refractivity contribution in [1.29, 1.82) is 0 Å². The van der Waals surface area contributed by atoms with Gasteiger partial charge >= 0.3 is 0 Å². The van der Waals surface area contributed by atoms with Crippen molar-refractivity contribution in [3.05, 3.63) is 0 Å². The molecule has 1 unspecified atom stereocenters. The summed E-state index contributed by atoms with van der Waals surface area (Å²) in [5.74, 6) is 0.910. The lowest BCUT2D eigenvalue weighted by Gasteiger charge is -2.10. The zero-order chi connectivity index (χ0) is 7.56. The van der Waals surface area contributed by atoms with Gasteiger partial charge in [0.25, 0.3) is 0 Å². The molecule has 0 aliphatic heterocycles. The molecule has 2 heteroatoms. The summed E-state index contributed by atoms with van der Waals surface area (Å²) in [6, 6.07) is 0. The van der Waals surface area contributed by atoms with Crippen molar-refractivity contribution in [2.24, 2.45) is 5.92 Å². The first-order chi connectivity index (χ1) is 4.74. The molecular formula is C8H14O2. The third kappa shape index (κ3) is 2.10. The van der Waals surface area contributed by atoms with Gasteiger partial charge in [-0.15, -0.1) is 0 Å². The van der Waals surface area contributed by atoms with Crippen LogP contribution in [0.3, 0.4) is 0 Å². The molecule has 1 saturated carbocycles. The highest BCUT2D eigenvalue weighted by Gasteiger charge is 2.31. The first-order valence-electron chi connectivity index (χ1n) is 3.76. The van der Waals surface area contributed by atoms with E-state index in [0.717, 1.165) is 0 Å². The lowest BCUT2D eigenvalue weighted by molar-refractivity contribution is -0.119. The fraction of sp³-hybridized carbons (Fsp3) is 0.875. The number of hydrogen-bond donors (Lipinski definition) is 0. The van der Waals surface area contributed by atoms with Crippen LogP contribution in [0.5, 0.6) is 0 Å². The average molecular weight is 142 g/mol. The number of Topliss-reactive ketones (excluding diaryl/α,β-unsaturated/α-hetero) is 1. The molecular weight excluding hydrogens is 128 g/mol. The van der Waals surface area contributed by atoms with Gasteiger partial charge in [0.1, 0.15) is 5.78 Å². The second-order valence-corrected chi connectivity index (χ2v) is 3.02. The fourth-order valence-electron chi connectivity index (χ4n) is 1.19. The molecule has 10 heavy (non-hydrogen) atoms. The Morgan fingerprint density at radius 3 is 2.60 bits per heavy atom. The van der Waals surface area contributed by atoms with Crippen LogP contribution in [0.1, 0.15) is 26.2 Å². The number of rotatable bonds is 4. The molecule has 1 aliphatic rings. The monoisotopic (exact) mass is 142 g/mol. The highest BCUT2D eigenvalue weighted by Crippen LogP contribution is 2.35. The Kier molecular flexibility index (Phi) is 2.44. The number of methoxy groups -OCH3 is 1. The van der Waals surface area contributed by atoms with Crippen LogP contribution in [-0.2, 0) is 9.53 Å². The average Bonchev–Trinajstić information content (AvgIpc) is 2.63. The van der Waals surface area contributed by atoms with E-state index < -0.39 is 0 Å². The van der Waals surface area contributed by atoms with Crippen molar-refractivity contribution < 1.29 is 9.53 Å². The van der Waals surface area contributed by atoms with E-state index in [0.29, 0.717) is 12.3 Å². The summed E-state index contributed by atoms with van der Waals surface area (Å²) in [6.07, 6.45) is 3.29. The molecule has 0 bridgehead atoms. The quantitative estimate of drug-likeness (QED) is 0.593. The maximum Gasteiger partial charge on any atom is 0.132 e. The molecule has 0 radical (unpaired) electrons. The molecule has 0 N–H and O–H groups in total. The fourth-order valence-corrected chi connectivity index (χ4v) is 1.19. The Morgan fingerprint density at radius 1 is 1.70 bits per heavy atom. The number of ether oxygens (including phenoxy) is 1. The first-order valence-corrected chi connectivity index (χ1v) is 3.76. The largest absolute Gasteiger partial charge is 0.381 e. The molecule has 0 aromatic carbocycles. The zero-order valence-corrected chi connectivity index (χ0v) is 6.59. The van der Waals surface area contributed by atoms with Crippen LogP contribution in [0.25, 0.3) is 0 Å². The van der Waals surface area contributed by atoms with Gasteiger partial charge < -0.3 is 4.74 Å². The highest BCUT2D eigenvalue weighted by atomic mass is 16.5. The van der Waals surface area contributed by atoms with E-state index in [-0.39, 0.29) is 11.9 Å². The van der Waals surface area contributed by atoms with Gasteiger partial charge in [-0.25, -0.2) is 0 Å². The summed E-state index contributed by atoms with van der Waals surface area (Å²) >= 11 is 0. The molecule has 2 nitrogen and oxygen atoms in total. The van der Waals surface area contributed by atoms with Gasteiger partial charge in [-0.1, -0.05) is 0 Å². The van der Waals surface area contributed by atoms with E-state index >= 15 is 0 Å². The molecule has 0 spiro atoms. The molecule has 0 aromatic heterocycles. The summed E-state index contributed by atoms with van der Waals surface area (Å²) < 4.78 is 5.16. The van der Waals surface area contributed by atoms with Crippen LogP contribution < -0.4 is 0 Å². The lowest BCUT2D eigenvalue weighted by Crippen LogP contribution is -2.16. The molecule has 0 aromatic rings. The molecule has 0 heterocycles. The number of hydrogen-bond acceptors (Lipinski definition) is 2. The predicted octanol–water partition coefficient (Wildman–Crippen LogP) is 1.39. The van der Waals surface area contributed by atoms with Crippen LogP contribution in [0, 0.1) is 5.92 Å². The minimum absolute atomic E-state index is 0.206. The molecule has 1 aliphatic carbocycles. The van der Waals surface area contributed by atoms with Gasteiger partial charge in [-0.2, -0.15) is 0 Å². The molecule has 58 valence electrons. The summed E-state index contributed by atoms with van der Waals surface area (Å²) in [6.45, 7) is 1.62. The van der Waals surface area contributed by atoms with Gasteiger partial charge in [-0.05, 0) is 25.7 Å². The van der Waals surface area contributed by atoms with Crippen LogP contribution in [0.2, 0.25) is 0 Å². The molecule has 1 atom stereocenters. The third-order valence-electron chi connectivity index (χ3n) is 1.94. The Balaban J connectivity index is 2.25. The normalized spacial score (nSPS) is 20.6. The van der Waals surface area contributed by atoms with Crippen molar-refractivity contribution >= 4 is 5.78 Å². The highest BCUT2D eigenvalue weighted by molar-refractivity contribution is 5.76. The Morgan fingerprint density at radius 2 is 2.30 bits per heavy atom. The van der Waals surface area contributed by atoms with Crippen LogP contribution in [0.15, 0.2) is 0 Å².